The molecule has 1 atom stereocenters. The Bertz CT molecular complexity index is 1900. The fourth-order valence-corrected chi connectivity index (χ4v) is 7.84. The lowest BCUT2D eigenvalue weighted by Gasteiger charge is -2.24. The number of hydrogen-bond donors (Lipinski definition) is 1. The lowest BCUT2D eigenvalue weighted by molar-refractivity contribution is -0.117. The summed E-state index contributed by atoms with van der Waals surface area (Å²) >= 11 is 16.1. The van der Waals surface area contributed by atoms with Crippen LogP contribution in [0, 0.1) is 0 Å². The number of aliphatic hydroxyl groups excluding tert-OH is 1. The fraction of sp³-hybridized carbons (Fsp3) is 0.125. The number of carbonyl (C=O) groups is 2. The lowest BCUT2D eigenvalue weighted by Crippen LogP contribution is -2.31. The molecule has 45 heavy (non-hydrogen) atoms. The molecule has 0 radical (unpaired) electrons. The van der Waals surface area contributed by atoms with Gasteiger partial charge in [0.2, 0.25) is 10.9 Å². The van der Waals surface area contributed by atoms with Gasteiger partial charge in [-0.3, -0.25) is 14.5 Å². The second-order valence-electron chi connectivity index (χ2n) is 9.71. The molecule has 0 fully saturated rings. The Morgan fingerprint density at radius 2 is 1.84 bits per heavy atom. The molecule has 2 aromatic heterocycles. The molecule has 8 nitrogen and oxygen atoms in total. The van der Waals surface area contributed by atoms with Crippen molar-refractivity contribution in [2.24, 2.45) is 0 Å². The van der Waals surface area contributed by atoms with Crippen LogP contribution in [0.4, 0.5) is 5.13 Å². The summed E-state index contributed by atoms with van der Waals surface area (Å²) in [6, 6.07) is 22.5. The van der Waals surface area contributed by atoms with Crippen molar-refractivity contribution >= 4 is 74.5 Å². The van der Waals surface area contributed by atoms with E-state index in [4.69, 9.17) is 32.7 Å². The van der Waals surface area contributed by atoms with Crippen molar-refractivity contribution in [3.8, 4) is 11.5 Å². The van der Waals surface area contributed by atoms with Crippen molar-refractivity contribution in [1.29, 1.82) is 0 Å². The number of halogens is 2. The predicted molar refractivity (Wildman–Crippen MR) is 178 cm³/mol. The van der Waals surface area contributed by atoms with Crippen LogP contribution in [0.2, 0.25) is 10.0 Å². The molecule has 228 valence electrons. The summed E-state index contributed by atoms with van der Waals surface area (Å²) in [7, 11) is 1.51. The van der Waals surface area contributed by atoms with E-state index in [0.717, 1.165) is 11.1 Å². The van der Waals surface area contributed by atoms with Crippen LogP contribution in [0.5, 0.6) is 11.5 Å². The monoisotopic (exact) mass is 695 g/mol. The zero-order chi connectivity index (χ0) is 31.5. The lowest BCUT2D eigenvalue weighted by atomic mass is 9.95. The van der Waals surface area contributed by atoms with Gasteiger partial charge in [0.1, 0.15) is 6.61 Å². The van der Waals surface area contributed by atoms with Crippen LogP contribution in [0.25, 0.3) is 0 Å². The molecule has 0 saturated carbocycles. The number of benzene rings is 3. The highest BCUT2D eigenvalue weighted by Crippen LogP contribution is 2.46. The minimum absolute atomic E-state index is 0.0557. The molecular formula is C32H23Cl2N3O5S3. The highest BCUT2D eigenvalue weighted by Gasteiger charge is 2.46. The average molecular weight is 697 g/mol. The van der Waals surface area contributed by atoms with E-state index < -0.39 is 23.5 Å². The number of ketones is 1. The maximum absolute atomic E-state index is 13.7. The van der Waals surface area contributed by atoms with Gasteiger partial charge in [0.05, 0.1) is 23.6 Å². The molecule has 0 saturated heterocycles. The molecule has 1 aliphatic heterocycles. The third kappa shape index (κ3) is 6.58. The molecule has 1 N–H and O–H groups in total. The summed E-state index contributed by atoms with van der Waals surface area (Å²) in [5.41, 5.74) is 2.31. The Labute approximate surface area is 280 Å². The molecule has 13 heteroatoms. The topological polar surface area (TPSA) is 102 Å². The third-order valence-corrected chi connectivity index (χ3v) is 10.5. The molecule has 0 bridgehead atoms. The van der Waals surface area contributed by atoms with Crippen LogP contribution in [-0.4, -0.2) is 34.1 Å². The number of aromatic nitrogens is 2. The zero-order valence-corrected chi connectivity index (χ0v) is 27.4. The normalized spacial score (nSPS) is 14.7. The minimum Gasteiger partial charge on any atom is -0.503 e. The first-order chi connectivity index (χ1) is 21.8. The number of Topliss-reactive ketones (excluding diaryl/α,β-unsaturated/α-hetero) is 1. The van der Waals surface area contributed by atoms with Crippen LogP contribution < -0.4 is 14.4 Å². The van der Waals surface area contributed by atoms with E-state index in [0.29, 0.717) is 48.7 Å². The van der Waals surface area contributed by atoms with Gasteiger partial charge in [-0.1, -0.05) is 94.8 Å². The predicted octanol–water partition coefficient (Wildman–Crippen LogP) is 8.57. The summed E-state index contributed by atoms with van der Waals surface area (Å²) in [6.07, 6.45) is 0. The molecule has 0 aliphatic carbocycles. The van der Waals surface area contributed by atoms with Gasteiger partial charge in [-0.05, 0) is 52.4 Å². The van der Waals surface area contributed by atoms with Crippen LogP contribution in [0.15, 0.2) is 99.9 Å². The number of carbonyl (C=O) groups excluding carboxylic acids is 2. The highest BCUT2D eigenvalue weighted by molar-refractivity contribution is 8.00. The van der Waals surface area contributed by atoms with Gasteiger partial charge in [-0.2, -0.15) is 0 Å². The first kappa shape index (κ1) is 31.1. The Kier molecular flexibility index (Phi) is 9.43. The van der Waals surface area contributed by atoms with Crippen molar-refractivity contribution in [3.63, 3.8) is 0 Å². The number of ether oxygens (including phenoxy) is 2. The summed E-state index contributed by atoms with van der Waals surface area (Å²) in [6.45, 7) is 0.319. The van der Waals surface area contributed by atoms with Gasteiger partial charge in [0.25, 0.3) is 5.91 Å². The Morgan fingerprint density at radius 1 is 1.02 bits per heavy atom. The number of methoxy groups -OCH3 is 1. The SMILES string of the molecule is COc1cc(C2C(C(=O)c3cccs3)=C(O)C(=O)N2c2nnc(SCc3ccc(Cl)cc3Cl)s2)ccc1OCc1ccccc1. The van der Waals surface area contributed by atoms with E-state index in [1.54, 1.807) is 47.8 Å². The van der Waals surface area contributed by atoms with Crippen molar-refractivity contribution in [3.05, 3.63) is 127 Å². The van der Waals surface area contributed by atoms with E-state index in [1.165, 1.54) is 46.4 Å². The first-order valence-electron chi connectivity index (χ1n) is 13.4. The number of thioether (sulfide) groups is 1. The van der Waals surface area contributed by atoms with Crippen molar-refractivity contribution in [2.45, 2.75) is 22.7 Å². The number of rotatable bonds is 11. The number of aliphatic hydroxyl groups is 1. The Hall–Kier alpha value is -3.87. The summed E-state index contributed by atoms with van der Waals surface area (Å²) in [5.74, 6) is -0.469. The number of hydrogen-bond acceptors (Lipinski definition) is 10. The van der Waals surface area contributed by atoms with E-state index in [1.807, 2.05) is 36.4 Å². The first-order valence-corrected chi connectivity index (χ1v) is 16.9. The smallest absolute Gasteiger partial charge is 0.296 e. The van der Waals surface area contributed by atoms with Gasteiger partial charge in [-0.15, -0.1) is 21.5 Å². The molecule has 6 rings (SSSR count). The molecule has 1 unspecified atom stereocenters. The van der Waals surface area contributed by atoms with Crippen LogP contribution in [0.1, 0.15) is 32.4 Å². The summed E-state index contributed by atoms with van der Waals surface area (Å²) < 4.78 is 12.3. The molecule has 1 amide bonds. The molecule has 1 aliphatic rings. The van der Waals surface area contributed by atoms with E-state index >= 15 is 0 Å². The molecule has 5 aromatic rings. The number of amides is 1. The quantitative estimate of drug-likeness (QED) is 0.0833. The van der Waals surface area contributed by atoms with Crippen LogP contribution in [0.3, 0.4) is 0 Å². The van der Waals surface area contributed by atoms with E-state index in [2.05, 4.69) is 10.2 Å². The van der Waals surface area contributed by atoms with Crippen molar-refractivity contribution in [2.75, 3.05) is 12.0 Å². The number of nitrogens with zero attached hydrogens (tertiary/aromatic N) is 3. The maximum atomic E-state index is 13.7. The maximum Gasteiger partial charge on any atom is 0.296 e. The summed E-state index contributed by atoms with van der Waals surface area (Å²) in [5, 5.41) is 22.7. The molecule has 3 aromatic carbocycles. The number of anilines is 1. The van der Waals surface area contributed by atoms with Crippen molar-refractivity contribution in [1.82, 2.24) is 10.2 Å². The van der Waals surface area contributed by atoms with Gasteiger partial charge in [-0.25, -0.2) is 0 Å². The van der Waals surface area contributed by atoms with Crippen LogP contribution in [-0.2, 0) is 17.2 Å². The van der Waals surface area contributed by atoms with Gasteiger partial charge in [0.15, 0.2) is 21.6 Å². The van der Waals surface area contributed by atoms with Gasteiger partial charge < -0.3 is 14.6 Å². The van der Waals surface area contributed by atoms with Crippen LogP contribution >= 0.6 is 57.6 Å². The van der Waals surface area contributed by atoms with E-state index in [-0.39, 0.29) is 10.7 Å². The second kappa shape index (κ2) is 13.6. The second-order valence-corrected chi connectivity index (χ2v) is 13.7. The number of thiophene rings is 1. The third-order valence-electron chi connectivity index (χ3n) is 6.91. The minimum atomic E-state index is -0.999. The Morgan fingerprint density at radius 3 is 2.58 bits per heavy atom. The highest BCUT2D eigenvalue weighted by atomic mass is 35.5. The average Bonchev–Trinajstić information content (AvgIpc) is 3.81. The zero-order valence-electron chi connectivity index (χ0n) is 23.5. The van der Waals surface area contributed by atoms with E-state index in [9.17, 15) is 14.7 Å². The van der Waals surface area contributed by atoms with Gasteiger partial charge >= 0.3 is 0 Å². The van der Waals surface area contributed by atoms with Gasteiger partial charge in [0, 0.05) is 15.8 Å². The molecule has 3 heterocycles. The summed E-state index contributed by atoms with van der Waals surface area (Å²) in [4.78, 5) is 29.0. The molecular weight excluding hydrogens is 673 g/mol. The Balaban J connectivity index is 1.33. The van der Waals surface area contributed by atoms with Crippen molar-refractivity contribution < 1.29 is 24.2 Å². The molecule has 0 spiro atoms. The standard InChI is InChI=1S/C32H23Cl2N3O5S3/c1-41-24-14-19(10-12-23(24)42-16-18-6-3-2-4-7-18)27-26(28(38)25-8-5-13-43-25)29(39)30(40)37(27)31-35-36-32(45-31)44-17-20-9-11-21(33)15-22(20)34/h2-15,27,39H,16-17H2,1H3. The fourth-order valence-electron chi connectivity index (χ4n) is 4.74. The largest absolute Gasteiger partial charge is 0.503 e.